The van der Waals surface area contributed by atoms with E-state index in [1.807, 2.05) is 0 Å². The second-order valence-electron chi connectivity index (χ2n) is 4.81. The van der Waals surface area contributed by atoms with E-state index in [2.05, 4.69) is 10.5 Å². The molecule has 0 aliphatic rings. The molecule has 2 aromatic carbocycles. The number of ether oxygens (including phenoxy) is 2. The molecule has 2 rings (SSSR count). The Bertz CT molecular complexity index is 812. The van der Waals surface area contributed by atoms with Crippen molar-refractivity contribution < 1.29 is 24.3 Å². The molecular weight excluding hydrogens is 330 g/mol. The highest BCUT2D eigenvalue weighted by atomic mass is 16.6. The number of nitro benzene ring substituents is 1. The number of benzene rings is 2. The zero-order valence-electron chi connectivity index (χ0n) is 13.4. The van der Waals surface area contributed by atoms with Gasteiger partial charge in [0.25, 0.3) is 5.91 Å². The Morgan fingerprint density at radius 1 is 1.20 bits per heavy atom. The number of nitrogens with one attached hydrogen (secondary N) is 1. The fraction of sp³-hybridized carbons (Fsp3) is 0.125. The van der Waals surface area contributed by atoms with Gasteiger partial charge in [-0.2, -0.15) is 5.10 Å². The summed E-state index contributed by atoms with van der Waals surface area (Å²) in [4.78, 5) is 22.2. The van der Waals surface area contributed by atoms with Gasteiger partial charge in [-0.05, 0) is 24.3 Å². The highest BCUT2D eigenvalue weighted by Crippen LogP contribution is 2.25. The first-order valence-electron chi connectivity index (χ1n) is 6.98. The lowest BCUT2D eigenvalue weighted by Gasteiger charge is -2.07. The highest BCUT2D eigenvalue weighted by molar-refractivity contribution is 5.95. The van der Waals surface area contributed by atoms with Crippen LogP contribution in [0.3, 0.4) is 0 Å². The number of hydrogen-bond donors (Lipinski definition) is 2. The second kappa shape index (κ2) is 7.77. The molecule has 9 nitrogen and oxygen atoms in total. The van der Waals surface area contributed by atoms with Crippen LogP contribution in [0.15, 0.2) is 41.5 Å². The van der Waals surface area contributed by atoms with Crippen LogP contribution < -0.4 is 14.9 Å². The monoisotopic (exact) mass is 345 g/mol. The van der Waals surface area contributed by atoms with Crippen molar-refractivity contribution in [2.45, 2.75) is 0 Å². The van der Waals surface area contributed by atoms with Gasteiger partial charge in [0.1, 0.15) is 11.5 Å². The van der Waals surface area contributed by atoms with Gasteiger partial charge in [0.2, 0.25) is 0 Å². The third kappa shape index (κ3) is 4.44. The van der Waals surface area contributed by atoms with Gasteiger partial charge in [0.05, 0.1) is 25.4 Å². The lowest BCUT2D eigenvalue weighted by Crippen LogP contribution is -2.17. The molecule has 0 spiro atoms. The molecule has 0 aliphatic carbocycles. The Morgan fingerprint density at radius 3 is 2.40 bits per heavy atom. The fourth-order valence-corrected chi connectivity index (χ4v) is 1.94. The molecule has 0 radical (unpaired) electrons. The van der Waals surface area contributed by atoms with Crippen LogP contribution in [0.2, 0.25) is 0 Å². The number of nitro groups is 1. The summed E-state index contributed by atoms with van der Waals surface area (Å²) in [7, 11) is 2.93. The minimum absolute atomic E-state index is 0.269. The number of carbonyl (C=O) groups is 1. The van der Waals surface area contributed by atoms with Gasteiger partial charge >= 0.3 is 5.69 Å². The second-order valence-corrected chi connectivity index (χ2v) is 4.81. The average Bonchev–Trinajstić information content (AvgIpc) is 2.62. The van der Waals surface area contributed by atoms with E-state index in [1.165, 1.54) is 44.7 Å². The number of methoxy groups -OCH3 is 2. The third-order valence-corrected chi connectivity index (χ3v) is 3.19. The highest BCUT2D eigenvalue weighted by Gasteiger charge is 2.13. The van der Waals surface area contributed by atoms with Gasteiger partial charge < -0.3 is 14.6 Å². The molecule has 1 amide bonds. The predicted molar refractivity (Wildman–Crippen MR) is 89.4 cm³/mol. The first kappa shape index (κ1) is 17.7. The summed E-state index contributed by atoms with van der Waals surface area (Å²) in [6.07, 6.45) is 1.22. The van der Waals surface area contributed by atoms with Crippen molar-refractivity contribution in [3.05, 3.63) is 57.6 Å². The molecule has 130 valence electrons. The molecule has 9 heteroatoms. The number of amides is 1. The summed E-state index contributed by atoms with van der Waals surface area (Å²) in [5, 5.41) is 23.9. The number of hydrazone groups is 1. The molecule has 0 atom stereocenters. The van der Waals surface area contributed by atoms with Gasteiger partial charge in [-0.3, -0.25) is 14.9 Å². The molecule has 0 heterocycles. The van der Waals surface area contributed by atoms with Crippen molar-refractivity contribution in [1.82, 2.24) is 5.43 Å². The molecule has 2 aromatic rings. The van der Waals surface area contributed by atoms with E-state index in [1.54, 1.807) is 6.07 Å². The van der Waals surface area contributed by atoms with Gasteiger partial charge in [-0.15, -0.1) is 0 Å². The molecule has 0 aromatic heterocycles. The molecule has 0 saturated carbocycles. The molecule has 25 heavy (non-hydrogen) atoms. The third-order valence-electron chi connectivity index (χ3n) is 3.19. The Hall–Kier alpha value is -3.62. The largest absolute Gasteiger partial charge is 0.502 e. The van der Waals surface area contributed by atoms with Gasteiger partial charge in [-0.1, -0.05) is 0 Å². The molecule has 0 saturated heterocycles. The zero-order chi connectivity index (χ0) is 18.4. The van der Waals surface area contributed by atoms with Crippen LogP contribution in [0.25, 0.3) is 0 Å². The maximum atomic E-state index is 12.1. The van der Waals surface area contributed by atoms with E-state index in [-0.39, 0.29) is 5.56 Å². The minimum atomic E-state index is -0.715. The Kier molecular flexibility index (Phi) is 5.51. The number of hydrogen-bond acceptors (Lipinski definition) is 7. The summed E-state index contributed by atoms with van der Waals surface area (Å²) in [5.41, 5.74) is 2.46. The maximum absolute atomic E-state index is 12.1. The first-order valence-corrected chi connectivity index (χ1v) is 6.98. The minimum Gasteiger partial charge on any atom is -0.502 e. The molecule has 0 fully saturated rings. The predicted octanol–water partition coefficient (Wildman–Crippen LogP) is 2.08. The van der Waals surface area contributed by atoms with E-state index >= 15 is 0 Å². The van der Waals surface area contributed by atoms with Gasteiger partial charge in [0.15, 0.2) is 5.75 Å². The van der Waals surface area contributed by atoms with Crippen LogP contribution in [0, 0.1) is 10.1 Å². The van der Waals surface area contributed by atoms with Crippen molar-refractivity contribution in [3.63, 3.8) is 0 Å². The van der Waals surface area contributed by atoms with Crippen molar-refractivity contribution in [3.8, 4) is 17.2 Å². The molecule has 2 N–H and O–H groups in total. The number of carbonyl (C=O) groups excluding carboxylic acids is 1. The number of nitrogens with zero attached hydrogens (tertiary/aromatic N) is 2. The maximum Gasteiger partial charge on any atom is 0.311 e. The summed E-state index contributed by atoms with van der Waals surface area (Å²) >= 11 is 0. The Balaban J connectivity index is 2.13. The van der Waals surface area contributed by atoms with Crippen molar-refractivity contribution in [2.24, 2.45) is 5.10 Å². The molecular formula is C16H15N3O6. The summed E-state index contributed by atoms with van der Waals surface area (Å²) in [6, 6.07) is 8.38. The van der Waals surface area contributed by atoms with E-state index in [9.17, 15) is 20.0 Å². The molecule has 0 unspecified atom stereocenters. The smallest absolute Gasteiger partial charge is 0.311 e. The Morgan fingerprint density at radius 2 is 1.84 bits per heavy atom. The standard InChI is InChI=1S/C16H15N3O6/c1-24-12-6-11(7-13(8-12)25-2)16(21)18-17-9-10-3-4-15(20)14(5-10)19(22)23/h3-9,20H,1-2H3,(H,18,21)/b17-9-. The van der Waals surface area contributed by atoms with Crippen molar-refractivity contribution in [1.29, 1.82) is 0 Å². The lowest BCUT2D eigenvalue weighted by atomic mass is 10.2. The normalized spacial score (nSPS) is 10.5. The Labute approximate surface area is 142 Å². The van der Waals surface area contributed by atoms with Crippen LogP contribution >= 0.6 is 0 Å². The van der Waals surface area contributed by atoms with E-state index < -0.39 is 22.3 Å². The van der Waals surface area contributed by atoms with Crippen LogP contribution in [0.5, 0.6) is 17.2 Å². The van der Waals surface area contributed by atoms with Crippen LogP contribution in [0.1, 0.15) is 15.9 Å². The lowest BCUT2D eigenvalue weighted by molar-refractivity contribution is -0.385. The number of phenolic OH excluding ortho intramolecular Hbond substituents is 1. The molecule has 0 aliphatic heterocycles. The van der Waals surface area contributed by atoms with Gasteiger partial charge in [-0.25, -0.2) is 5.43 Å². The van der Waals surface area contributed by atoms with Crippen LogP contribution in [-0.4, -0.2) is 36.4 Å². The van der Waals surface area contributed by atoms with Crippen molar-refractivity contribution in [2.75, 3.05) is 14.2 Å². The van der Waals surface area contributed by atoms with Gasteiger partial charge in [0, 0.05) is 23.3 Å². The SMILES string of the molecule is COc1cc(OC)cc(C(=O)N/N=C\c2ccc(O)c([N+](=O)[O-])c2)c1. The number of aromatic hydroxyl groups is 1. The van der Waals surface area contributed by atoms with Crippen molar-refractivity contribution >= 4 is 17.8 Å². The number of rotatable bonds is 6. The topological polar surface area (TPSA) is 123 Å². The number of phenols is 1. The van der Waals surface area contributed by atoms with Crippen LogP contribution in [0.4, 0.5) is 5.69 Å². The quantitative estimate of drug-likeness (QED) is 0.469. The summed E-state index contributed by atoms with van der Waals surface area (Å²) < 4.78 is 10.2. The zero-order valence-corrected chi connectivity index (χ0v) is 13.4. The van der Waals surface area contributed by atoms with E-state index in [4.69, 9.17) is 9.47 Å². The van der Waals surface area contributed by atoms with E-state index in [0.717, 1.165) is 6.07 Å². The van der Waals surface area contributed by atoms with Crippen LogP contribution in [-0.2, 0) is 0 Å². The summed E-state index contributed by atoms with van der Waals surface area (Å²) in [6.45, 7) is 0. The average molecular weight is 345 g/mol. The summed E-state index contributed by atoms with van der Waals surface area (Å²) in [5.74, 6) is -0.0679. The first-order chi connectivity index (χ1) is 11.9. The van der Waals surface area contributed by atoms with E-state index in [0.29, 0.717) is 17.1 Å². The fourth-order valence-electron chi connectivity index (χ4n) is 1.94. The molecule has 0 bridgehead atoms.